The molecule has 2 amide bonds. The van der Waals surface area contributed by atoms with Crippen LogP contribution in [0, 0.1) is 13.8 Å². The maximum Gasteiger partial charge on any atom is 0.411 e. The molecule has 0 N–H and O–H groups in total. The highest BCUT2D eigenvalue weighted by Crippen LogP contribution is 2.54. The highest BCUT2D eigenvalue weighted by molar-refractivity contribution is 6.67. The molecule has 16 heteroatoms. The predicted molar refractivity (Wildman–Crippen MR) is 196 cm³/mol. The minimum absolute atomic E-state index is 0.00838. The molecule has 3 atom stereocenters. The van der Waals surface area contributed by atoms with Gasteiger partial charge < -0.3 is 38.1 Å². The van der Waals surface area contributed by atoms with Crippen molar-refractivity contribution in [2.24, 2.45) is 0 Å². The Morgan fingerprint density at radius 2 is 1.70 bits per heavy atom. The van der Waals surface area contributed by atoms with Gasteiger partial charge in [0.2, 0.25) is 10.6 Å². The van der Waals surface area contributed by atoms with Crippen LogP contribution >= 0.6 is 34.8 Å². The Labute approximate surface area is 326 Å². The van der Waals surface area contributed by atoms with Crippen LogP contribution in [0.2, 0.25) is 0 Å². The summed E-state index contributed by atoms with van der Waals surface area (Å²) in [5.41, 5.74) is 3.64. The van der Waals surface area contributed by atoms with Crippen LogP contribution in [0.4, 0.5) is 4.79 Å². The number of hydrogen-bond acceptors (Lipinski definition) is 11. The van der Waals surface area contributed by atoms with Gasteiger partial charge in [0.25, 0.3) is 5.91 Å². The summed E-state index contributed by atoms with van der Waals surface area (Å²) in [5.74, 6) is -0.423. The number of carbonyl (C=O) groups excluding carboxylic acids is 4. The topological polar surface area (TPSA) is 139 Å². The molecule has 0 saturated carbocycles. The number of fused-ring (bicyclic) bond motifs is 5. The Hall–Kier alpha value is -4.85. The Balaban J connectivity index is 1.54. The van der Waals surface area contributed by atoms with Crippen molar-refractivity contribution in [1.82, 2.24) is 9.80 Å². The van der Waals surface area contributed by atoms with Crippen molar-refractivity contribution in [3.05, 3.63) is 88.1 Å². The summed E-state index contributed by atoms with van der Waals surface area (Å²) >= 11 is 17.9. The van der Waals surface area contributed by atoms with Gasteiger partial charge in [-0.15, -0.1) is 0 Å². The first-order valence-corrected chi connectivity index (χ1v) is 17.9. The summed E-state index contributed by atoms with van der Waals surface area (Å²) < 4.78 is 38.7. The van der Waals surface area contributed by atoms with Crippen LogP contribution in [-0.2, 0) is 36.9 Å². The minimum atomic E-state index is -1.95. The molecule has 0 radical (unpaired) electrons. The van der Waals surface area contributed by atoms with Gasteiger partial charge >= 0.3 is 18.0 Å². The number of hydrogen-bond donors (Lipinski definition) is 0. The monoisotopic (exact) mass is 802 g/mol. The van der Waals surface area contributed by atoms with E-state index in [4.69, 9.17) is 68.0 Å². The van der Waals surface area contributed by atoms with Crippen molar-refractivity contribution in [1.29, 1.82) is 0 Å². The van der Waals surface area contributed by atoms with E-state index in [0.29, 0.717) is 33.8 Å². The number of piperazine rings is 1. The van der Waals surface area contributed by atoms with Crippen LogP contribution in [-0.4, -0.2) is 70.7 Å². The third-order valence-electron chi connectivity index (χ3n) is 9.23. The largest absolute Gasteiger partial charge is 0.493 e. The zero-order chi connectivity index (χ0) is 39.1. The molecule has 3 heterocycles. The molecule has 3 aliphatic rings. The van der Waals surface area contributed by atoms with Crippen molar-refractivity contribution in [2.45, 2.75) is 62.6 Å². The summed E-state index contributed by atoms with van der Waals surface area (Å²) in [4.78, 5) is 56.1. The lowest BCUT2D eigenvalue weighted by atomic mass is 9.80. The Kier molecular flexibility index (Phi) is 11.1. The first kappa shape index (κ1) is 38.9. The summed E-state index contributed by atoms with van der Waals surface area (Å²) in [6, 6.07) is 9.44. The number of ether oxygens (including phenoxy) is 7. The van der Waals surface area contributed by atoms with E-state index < -0.39 is 52.5 Å². The molecule has 6 rings (SSSR count). The Bertz CT molecular complexity index is 2020. The van der Waals surface area contributed by atoms with Gasteiger partial charge in [-0.2, -0.15) is 0 Å². The lowest BCUT2D eigenvalue weighted by Gasteiger charge is -2.52. The number of alkyl halides is 3. The van der Waals surface area contributed by atoms with Gasteiger partial charge in [-0.25, -0.2) is 4.79 Å². The summed E-state index contributed by atoms with van der Waals surface area (Å²) in [6.45, 7) is 9.39. The summed E-state index contributed by atoms with van der Waals surface area (Å²) in [6.07, 6.45) is -0.944. The van der Waals surface area contributed by atoms with E-state index in [2.05, 4.69) is 6.58 Å². The fourth-order valence-electron chi connectivity index (χ4n) is 7.05. The van der Waals surface area contributed by atoms with E-state index in [9.17, 15) is 19.2 Å². The minimum Gasteiger partial charge on any atom is -0.493 e. The van der Waals surface area contributed by atoms with Gasteiger partial charge in [0.05, 0.1) is 13.2 Å². The van der Waals surface area contributed by atoms with Crippen LogP contribution in [0.5, 0.6) is 28.7 Å². The maximum absolute atomic E-state index is 14.9. The second-order valence-electron chi connectivity index (χ2n) is 12.9. The fourth-order valence-corrected chi connectivity index (χ4v) is 7.21. The summed E-state index contributed by atoms with van der Waals surface area (Å²) in [7, 11) is 1.50. The number of rotatable bonds is 10. The van der Waals surface area contributed by atoms with Crippen molar-refractivity contribution in [2.75, 3.05) is 27.1 Å². The third-order valence-corrected chi connectivity index (χ3v) is 9.56. The summed E-state index contributed by atoms with van der Waals surface area (Å²) in [5, 5.41) is 0. The van der Waals surface area contributed by atoms with Gasteiger partial charge in [-0.3, -0.25) is 19.3 Å². The zero-order valence-electron chi connectivity index (χ0n) is 30.0. The van der Waals surface area contributed by atoms with Gasteiger partial charge in [-0.05, 0) is 36.6 Å². The molecule has 54 heavy (non-hydrogen) atoms. The highest BCUT2D eigenvalue weighted by Gasteiger charge is 2.54. The normalized spacial score (nSPS) is 17.8. The van der Waals surface area contributed by atoms with Crippen LogP contribution in [0.25, 0.3) is 0 Å². The molecule has 1 fully saturated rings. The molecule has 3 aromatic carbocycles. The average molecular weight is 804 g/mol. The van der Waals surface area contributed by atoms with Crippen molar-refractivity contribution in [3.8, 4) is 28.7 Å². The van der Waals surface area contributed by atoms with Crippen LogP contribution in [0.15, 0.2) is 54.7 Å². The number of carbonyl (C=O) groups is 4. The van der Waals surface area contributed by atoms with Gasteiger partial charge in [0, 0.05) is 42.7 Å². The average Bonchev–Trinajstić information content (AvgIpc) is 3.61. The number of methoxy groups -OCH3 is 1. The molecule has 0 aliphatic carbocycles. The van der Waals surface area contributed by atoms with Crippen LogP contribution in [0.3, 0.4) is 0 Å². The fraction of sp³-hybridized carbons (Fsp3) is 0.368. The first-order valence-electron chi connectivity index (χ1n) is 16.8. The number of halogens is 3. The lowest BCUT2D eigenvalue weighted by Crippen LogP contribution is -2.62. The molecular formula is C38H37Cl3N2O11. The number of aryl methyl sites for hydroxylation is 1. The molecule has 0 spiro atoms. The number of nitrogens with zero attached hydrogens (tertiary/aromatic N) is 2. The lowest BCUT2D eigenvalue weighted by molar-refractivity contribution is -0.150. The first-order chi connectivity index (χ1) is 25.6. The van der Waals surface area contributed by atoms with E-state index in [0.717, 1.165) is 11.1 Å². The van der Waals surface area contributed by atoms with E-state index in [1.54, 1.807) is 6.92 Å². The smallest absolute Gasteiger partial charge is 0.411 e. The standard InChI is InChI=1S/C38H37Cl3N2O11/c1-19-12-25-13-27-36(46)42(28(16-49-22(4)44)26-14-29(54-23(5)45)20(2)33-34(26)53-18-52-33)21(3)31(43(27)37(47)51-17-38(39,40)41)30(25)35(32(19)48-6)50-15-24-10-8-7-9-11-24/h7-12,14,27-28,31H,3,13,15-18H2,1-2,4-6H3/t27?,28-,31-/m0/s1. The molecule has 286 valence electrons. The third kappa shape index (κ3) is 7.57. The van der Waals surface area contributed by atoms with Gasteiger partial charge in [0.1, 0.15) is 37.7 Å². The van der Waals surface area contributed by atoms with E-state index >= 15 is 0 Å². The van der Waals surface area contributed by atoms with E-state index in [1.165, 1.54) is 36.8 Å². The number of benzene rings is 3. The van der Waals surface area contributed by atoms with Crippen molar-refractivity contribution < 1.29 is 52.3 Å². The molecule has 1 saturated heterocycles. The number of esters is 2. The van der Waals surface area contributed by atoms with Gasteiger partial charge in [0.15, 0.2) is 23.0 Å². The molecule has 2 bridgehead atoms. The molecule has 0 aromatic heterocycles. The predicted octanol–water partition coefficient (Wildman–Crippen LogP) is 6.98. The Morgan fingerprint density at radius 3 is 2.35 bits per heavy atom. The second kappa shape index (κ2) is 15.5. The zero-order valence-corrected chi connectivity index (χ0v) is 32.3. The SMILES string of the molecule is C=C1[C@H]2c3c(cc(C)c(OC)c3OCc3ccccc3)CC(C(=O)N1[C@@H](COC(C)=O)c1cc(OC(C)=O)c(C)c3c1OCO3)N2C(=O)OCC(Cl)(Cl)Cl. The van der Waals surface area contributed by atoms with Crippen molar-refractivity contribution in [3.63, 3.8) is 0 Å². The molecule has 1 unspecified atom stereocenters. The molecule has 3 aromatic rings. The second-order valence-corrected chi connectivity index (χ2v) is 15.4. The van der Waals surface area contributed by atoms with E-state index in [-0.39, 0.29) is 49.4 Å². The Morgan fingerprint density at radius 1 is 1.00 bits per heavy atom. The maximum atomic E-state index is 14.9. The van der Waals surface area contributed by atoms with Crippen LogP contribution in [0.1, 0.15) is 59.3 Å². The molecule has 3 aliphatic heterocycles. The molecule has 13 nitrogen and oxygen atoms in total. The molecular weight excluding hydrogens is 767 g/mol. The van der Waals surface area contributed by atoms with E-state index in [1.807, 2.05) is 43.3 Å². The number of amides is 2. The highest BCUT2D eigenvalue weighted by atomic mass is 35.6. The van der Waals surface area contributed by atoms with Gasteiger partial charge in [-0.1, -0.05) is 77.8 Å². The van der Waals surface area contributed by atoms with Crippen LogP contribution < -0.4 is 23.7 Å². The quantitative estimate of drug-likeness (QED) is 0.119. The van der Waals surface area contributed by atoms with Crippen molar-refractivity contribution >= 4 is 58.7 Å².